The van der Waals surface area contributed by atoms with E-state index in [0.717, 1.165) is 6.07 Å². The number of sulfonamides is 1. The molecule has 1 saturated heterocycles. The quantitative estimate of drug-likeness (QED) is 0.588. The van der Waals surface area contributed by atoms with Crippen LogP contribution in [0, 0.1) is 5.82 Å². The first-order valence-corrected chi connectivity index (χ1v) is 11.6. The number of hydrogen-bond acceptors (Lipinski definition) is 6. The van der Waals surface area contributed by atoms with Gasteiger partial charge in [0.15, 0.2) is 0 Å². The molecular formula is C19H19FN4O4S2. The number of nitrogens with zero attached hydrogens (tertiary/aromatic N) is 4. The summed E-state index contributed by atoms with van der Waals surface area (Å²) in [7, 11) is -3.81. The Morgan fingerprint density at radius 2 is 1.93 bits per heavy atom. The fourth-order valence-electron chi connectivity index (χ4n) is 3.38. The third-order valence-corrected chi connectivity index (χ3v) is 7.76. The molecule has 1 aliphatic heterocycles. The minimum absolute atomic E-state index is 0.0991. The fraction of sp³-hybridized carbons (Fsp3) is 0.316. The molecular weight excluding hydrogens is 431 g/mol. The second-order valence-corrected chi connectivity index (χ2v) is 9.71. The molecule has 1 aromatic carbocycles. The van der Waals surface area contributed by atoms with Gasteiger partial charge in [-0.05, 0) is 29.6 Å². The molecule has 0 radical (unpaired) electrons. The summed E-state index contributed by atoms with van der Waals surface area (Å²) in [5.41, 5.74) is -0.181. The van der Waals surface area contributed by atoms with Gasteiger partial charge in [-0.1, -0.05) is 6.07 Å². The lowest BCUT2D eigenvalue weighted by Gasteiger charge is -2.34. The Hall–Kier alpha value is -2.63. The molecule has 0 unspecified atom stereocenters. The molecule has 1 aliphatic rings. The summed E-state index contributed by atoms with van der Waals surface area (Å²) in [5.74, 6) is -0.773. The van der Waals surface area contributed by atoms with Gasteiger partial charge in [-0.15, -0.1) is 11.3 Å². The third kappa shape index (κ3) is 4.00. The van der Waals surface area contributed by atoms with Gasteiger partial charge in [0.1, 0.15) is 10.6 Å². The van der Waals surface area contributed by atoms with E-state index in [1.807, 2.05) is 0 Å². The number of aromatic nitrogens is 2. The molecule has 11 heteroatoms. The summed E-state index contributed by atoms with van der Waals surface area (Å²) < 4.78 is 41.4. The maximum atomic E-state index is 13.4. The SMILES string of the molecule is O=C(CCn1cnc2sccc2c1=O)N1CCN(S(=O)(=O)c2cccc(F)c2)CC1. The first-order valence-electron chi connectivity index (χ1n) is 9.32. The van der Waals surface area contributed by atoms with Gasteiger partial charge < -0.3 is 4.90 Å². The maximum Gasteiger partial charge on any atom is 0.262 e. The lowest BCUT2D eigenvalue weighted by Crippen LogP contribution is -2.50. The molecule has 0 bridgehead atoms. The Balaban J connectivity index is 1.36. The van der Waals surface area contributed by atoms with Crippen LogP contribution in [-0.4, -0.2) is 59.3 Å². The van der Waals surface area contributed by atoms with Crippen molar-refractivity contribution >= 4 is 37.5 Å². The molecule has 4 rings (SSSR count). The zero-order chi connectivity index (χ0) is 21.3. The molecule has 0 aliphatic carbocycles. The Morgan fingerprint density at radius 3 is 2.67 bits per heavy atom. The van der Waals surface area contributed by atoms with Gasteiger partial charge in [0.25, 0.3) is 5.56 Å². The highest BCUT2D eigenvalue weighted by Gasteiger charge is 2.30. The topological polar surface area (TPSA) is 92.6 Å². The van der Waals surface area contributed by atoms with Crippen molar-refractivity contribution in [3.63, 3.8) is 0 Å². The molecule has 1 amide bonds. The lowest BCUT2D eigenvalue weighted by atomic mass is 10.3. The van der Waals surface area contributed by atoms with Crippen molar-refractivity contribution in [1.29, 1.82) is 0 Å². The van der Waals surface area contributed by atoms with Crippen molar-refractivity contribution in [2.24, 2.45) is 0 Å². The normalized spacial score (nSPS) is 15.6. The summed E-state index contributed by atoms with van der Waals surface area (Å²) in [5, 5.41) is 2.33. The van der Waals surface area contributed by atoms with E-state index in [1.54, 1.807) is 16.3 Å². The minimum Gasteiger partial charge on any atom is -0.340 e. The van der Waals surface area contributed by atoms with Crippen LogP contribution >= 0.6 is 11.3 Å². The van der Waals surface area contributed by atoms with Gasteiger partial charge >= 0.3 is 0 Å². The molecule has 3 aromatic rings. The van der Waals surface area contributed by atoms with Crippen molar-refractivity contribution in [3.8, 4) is 0 Å². The van der Waals surface area contributed by atoms with Gasteiger partial charge in [0.05, 0.1) is 16.6 Å². The number of carbonyl (C=O) groups excluding carboxylic acids is 1. The van der Waals surface area contributed by atoms with Crippen LogP contribution in [0.3, 0.4) is 0 Å². The summed E-state index contributed by atoms with van der Waals surface area (Å²) >= 11 is 1.38. The van der Waals surface area contributed by atoms with Crippen molar-refractivity contribution in [2.75, 3.05) is 26.2 Å². The number of halogens is 1. The van der Waals surface area contributed by atoms with Gasteiger partial charge in [0, 0.05) is 39.1 Å². The molecule has 158 valence electrons. The van der Waals surface area contributed by atoms with E-state index in [1.165, 1.54) is 44.7 Å². The van der Waals surface area contributed by atoms with Crippen molar-refractivity contribution in [3.05, 3.63) is 58.2 Å². The van der Waals surface area contributed by atoms with Crippen LogP contribution in [0.1, 0.15) is 6.42 Å². The second kappa shape index (κ2) is 8.25. The first kappa shape index (κ1) is 20.6. The largest absolute Gasteiger partial charge is 0.340 e. The standard InChI is InChI=1S/C19H19FN4O4S2/c20-14-2-1-3-15(12-14)30(27,28)24-9-7-22(8-10-24)17(25)4-6-23-13-21-18-16(19(23)26)5-11-29-18/h1-3,5,11-13H,4,6-10H2. The van der Waals surface area contributed by atoms with E-state index >= 15 is 0 Å². The highest BCUT2D eigenvalue weighted by atomic mass is 32.2. The van der Waals surface area contributed by atoms with Crippen LogP contribution in [0.25, 0.3) is 10.2 Å². The number of thiophene rings is 1. The average molecular weight is 451 g/mol. The molecule has 0 N–H and O–H groups in total. The molecule has 0 spiro atoms. The number of hydrogen-bond donors (Lipinski definition) is 0. The van der Waals surface area contributed by atoms with E-state index in [4.69, 9.17) is 0 Å². The number of fused-ring (bicyclic) bond motifs is 1. The van der Waals surface area contributed by atoms with Crippen LogP contribution in [0.4, 0.5) is 4.39 Å². The third-order valence-electron chi connectivity index (χ3n) is 5.04. The number of amides is 1. The van der Waals surface area contributed by atoms with E-state index < -0.39 is 15.8 Å². The second-order valence-electron chi connectivity index (χ2n) is 6.87. The van der Waals surface area contributed by atoms with Crippen LogP contribution in [0.15, 0.2) is 51.7 Å². The van der Waals surface area contributed by atoms with Crippen molar-refractivity contribution in [2.45, 2.75) is 17.9 Å². The fourth-order valence-corrected chi connectivity index (χ4v) is 5.56. The van der Waals surface area contributed by atoms with Crippen molar-refractivity contribution < 1.29 is 17.6 Å². The highest BCUT2D eigenvalue weighted by molar-refractivity contribution is 7.89. The van der Waals surface area contributed by atoms with Crippen LogP contribution < -0.4 is 5.56 Å². The summed E-state index contributed by atoms with van der Waals surface area (Å²) in [6, 6.07) is 6.60. The predicted octanol–water partition coefficient (Wildman–Crippen LogP) is 1.52. The van der Waals surface area contributed by atoms with Crippen molar-refractivity contribution in [1.82, 2.24) is 18.8 Å². The van der Waals surface area contributed by atoms with E-state index in [0.29, 0.717) is 10.2 Å². The van der Waals surface area contributed by atoms with Gasteiger partial charge in [-0.3, -0.25) is 14.2 Å². The van der Waals surface area contributed by atoms with Crippen LogP contribution in [0.5, 0.6) is 0 Å². The number of piperazine rings is 1. The molecule has 30 heavy (non-hydrogen) atoms. The summed E-state index contributed by atoms with van der Waals surface area (Å²) in [6.07, 6.45) is 1.56. The zero-order valence-electron chi connectivity index (χ0n) is 15.9. The highest BCUT2D eigenvalue weighted by Crippen LogP contribution is 2.19. The van der Waals surface area contributed by atoms with E-state index in [-0.39, 0.29) is 55.5 Å². The Morgan fingerprint density at radius 1 is 1.17 bits per heavy atom. The van der Waals surface area contributed by atoms with E-state index in [2.05, 4.69) is 4.98 Å². The monoisotopic (exact) mass is 450 g/mol. The molecule has 0 atom stereocenters. The minimum atomic E-state index is -3.81. The molecule has 1 fully saturated rings. The van der Waals surface area contributed by atoms with E-state index in [9.17, 15) is 22.4 Å². The van der Waals surface area contributed by atoms with Gasteiger partial charge in [-0.25, -0.2) is 17.8 Å². The Bertz CT molecular complexity index is 1250. The first-order chi connectivity index (χ1) is 14.4. The number of rotatable bonds is 5. The Labute approximate surface area is 176 Å². The average Bonchev–Trinajstić information content (AvgIpc) is 3.23. The van der Waals surface area contributed by atoms with Gasteiger partial charge in [-0.2, -0.15) is 4.31 Å². The Kier molecular flexibility index (Phi) is 5.67. The number of benzene rings is 1. The van der Waals surface area contributed by atoms with Gasteiger partial charge in [0.2, 0.25) is 15.9 Å². The molecule has 8 nitrogen and oxygen atoms in total. The summed E-state index contributed by atoms with van der Waals surface area (Å²) in [4.78, 5) is 31.3. The van der Waals surface area contributed by atoms with Crippen LogP contribution in [0.2, 0.25) is 0 Å². The predicted molar refractivity (Wildman–Crippen MR) is 110 cm³/mol. The molecule has 2 aromatic heterocycles. The summed E-state index contributed by atoms with van der Waals surface area (Å²) in [6.45, 7) is 0.951. The molecule has 0 saturated carbocycles. The zero-order valence-corrected chi connectivity index (χ0v) is 17.5. The smallest absolute Gasteiger partial charge is 0.262 e. The van der Waals surface area contributed by atoms with Crippen LogP contribution in [-0.2, 0) is 21.4 Å². The number of aryl methyl sites for hydroxylation is 1. The maximum absolute atomic E-state index is 13.4. The number of carbonyl (C=O) groups is 1. The lowest BCUT2D eigenvalue weighted by molar-refractivity contribution is -0.132. The molecule has 3 heterocycles.